The van der Waals surface area contributed by atoms with E-state index in [0.717, 1.165) is 30.0 Å². The van der Waals surface area contributed by atoms with E-state index in [0.29, 0.717) is 12.8 Å². The Morgan fingerprint density at radius 3 is 2.50 bits per heavy atom. The van der Waals surface area contributed by atoms with Crippen LogP contribution in [0.5, 0.6) is 0 Å². The number of rotatable bonds is 4. The van der Waals surface area contributed by atoms with E-state index in [1.807, 2.05) is 42.6 Å². The number of piperidine rings is 1. The highest BCUT2D eigenvalue weighted by Gasteiger charge is 2.41. The van der Waals surface area contributed by atoms with E-state index < -0.39 is 5.54 Å². The Hall–Kier alpha value is -2.64. The third kappa shape index (κ3) is 3.36. The van der Waals surface area contributed by atoms with Crippen molar-refractivity contribution in [3.8, 4) is 11.3 Å². The molecule has 1 aromatic carbocycles. The van der Waals surface area contributed by atoms with Gasteiger partial charge in [0.1, 0.15) is 5.54 Å². The lowest BCUT2D eigenvalue weighted by Crippen LogP contribution is -2.52. The zero-order valence-corrected chi connectivity index (χ0v) is 15.0. The summed E-state index contributed by atoms with van der Waals surface area (Å²) >= 11 is 0. The Kier molecular flexibility index (Phi) is 5.39. The Bertz CT molecular complexity index is 823. The Morgan fingerprint density at radius 1 is 1.12 bits per heavy atom. The van der Waals surface area contributed by atoms with Gasteiger partial charge in [0, 0.05) is 24.3 Å². The van der Waals surface area contributed by atoms with Gasteiger partial charge in [-0.2, -0.15) is 10.2 Å². The number of H-pyrrole nitrogens is 1. The van der Waals surface area contributed by atoms with Gasteiger partial charge >= 0.3 is 0 Å². The lowest BCUT2D eigenvalue weighted by molar-refractivity contribution is -0.126. The maximum Gasteiger partial charge on any atom is 0.252 e. The van der Waals surface area contributed by atoms with Gasteiger partial charge in [-0.3, -0.25) is 14.6 Å². The van der Waals surface area contributed by atoms with Crippen LogP contribution in [-0.4, -0.2) is 39.0 Å². The molecule has 3 N–H and O–H groups in total. The second-order valence-corrected chi connectivity index (χ2v) is 6.23. The standard InChI is InChI=1S/C18H20N6O.ClH/c25-17(18(7-11-19-12-8-18)24-13-1-9-21-24)22-15-4-2-14(3-5-15)16-6-10-20-23-16;/h1-6,9-10,13,19H,7-8,11-12H2,(H,20,23)(H,22,25);1H. The molecule has 0 unspecified atom stereocenters. The molecule has 0 radical (unpaired) electrons. The number of hydrogen-bond acceptors (Lipinski definition) is 4. The minimum Gasteiger partial charge on any atom is -0.324 e. The number of nitrogens with zero attached hydrogens (tertiary/aromatic N) is 3. The van der Waals surface area contributed by atoms with Gasteiger partial charge in [-0.15, -0.1) is 12.4 Å². The summed E-state index contributed by atoms with van der Waals surface area (Å²) in [6, 6.07) is 11.5. The number of carbonyl (C=O) groups excluding carboxylic acids is 1. The maximum atomic E-state index is 13.1. The van der Waals surface area contributed by atoms with Gasteiger partial charge in [0.05, 0.1) is 5.69 Å². The predicted molar refractivity (Wildman–Crippen MR) is 102 cm³/mol. The van der Waals surface area contributed by atoms with Gasteiger partial charge < -0.3 is 10.6 Å². The molecule has 1 aliphatic heterocycles. The Balaban J connectivity index is 0.00000196. The third-order valence-electron chi connectivity index (χ3n) is 4.75. The van der Waals surface area contributed by atoms with Crippen LogP contribution in [0.2, 0.25) is 0 Å². The summed E-state index contributed by atoms with van der Waals surface area (Å²) in [5.74, 6) is -0.0213. The topological polar surface area (TPSA) is 87.6 Å². The number of amides is 1. The van der Waals surface area contributed by atoms with Crippen molar-refractivity contribution >= 4 is 24.0 Å². The van der Waals surface area contributed by atoms with Crippen molar-refractivity contribution in [2.45, 2.75) is 18.4 Å². The molecule has 26 heavy (non-hydrogen) atoms. The summed E-state index contributed by atoms with van der Waals surface area (Å²) in [5, 5.41) is 17.6. The van der Waals surface area contributed by atoms with E-state index in [-0.39, 0.29) is 18.3 Å². The van der Waals surface area contributed by atoms with Gasteiger partial charge in [0.25, 0.3) is 5.91 Å². The minimum atomic E-state index is -0.642. The fraction of sp³-hybridized carbons (Fsp3) is 0.278. The first-order valence-corrected chi connectivity index (χ1v) is 8.40. The van der Waals surface area contributed by atoms with Crippen LogP contribution in [0.1, 0.15) is 12.8 Å². The van der Waals surface area contributed by atoms with Crippen molar-refractivity contribution in [3.63, 3.8) is 0 Å². The second kappa shape index (κ2) is 7.72. The van der Waals surface area contributed by atoms with Crippen molar-refractivity contribution < 1.29 is 4.79 Å². The Labute approximate surface area is 157 Å². The van der Waals surface area contributed by atoms with E-state index >= 15 is 0 Å². The van der Waals surface area contributed by atoms with Crippen LogP contribution in [-0.2, 0) is 10.3 Å². The molecule has 3 aromatic rings. The van der Waals surface area contributed by atoms with Crippen LogP contribution in [0, 0.1) is 0 Å². The first kappa shape index (κ1) is 18.2. The van der Waals surface area contributed by atoms with E-state index in [1.54, 1.807) is 17.1 Å². The number of aromatic nitrogens is 4. The number of halogens is 1. The normalized spacial score (nSPS) is 15.8. The summed E-state index contributed by atoms with van der Waals surface area (Å²) in [7, 11) is 0. The van der Waals surface area contributed by atoms with Crippen molar-refractivity contribution in [2.75, 3.05) is 18.4 Å². The van der Waals surface area contributed by atoms with E-state index in [1.165, 1.54) is 0 Å². The molecule has 0 spiro atoms. The van der Waals surface area contributed by atoms with Crippen LogP contribution >= 0.6 is 12.4 Å². The molecular formula is C18H21ClN6O. The summed E-state index contributed by atoms with van der Waals surface area (Å²) in [6.45, 7) is 1.60. The van der Waals surface area contributed by atoms with Crippen LogP contribution < -0.4 is 10.6 Å². The van der Waals surface area contributed by atoms with Gasteiger partial charge in [-0.05, 0) is 55.8 Å². The minimum absolute atomic E-state index is 0. The number of nitrogens with one attached hydrogen (secondary N) is 3. The monoisotopic (exact) mass is 372 g/mol. The molecule has 4 rings (SSSR count). The second-order valence-electron chi connectivity index (χ2n) is 6.23. The summed E-state index contributed by atoms with van der Waals surface area (Å²) < 4.78 is 1.79. The number of anilines is 1. The molecule has 136 valence electrons. The number of hydrogen-bond donors (Lipinski definition) is 3. The predicted octanol–water partition coefficient (Wildman–Crippen LogP) is 2.41. The molecule has 0 atom stereocenters. The Morgan fingerprint density at radius 2 is 1.88 bits per heavy atom. The van der Waals surface area contributed by atoms with Crippen molar-refractivity contribution in [1.82, 2.24) is 25.3 Å². The average Bonchev–Trinajstić information content (AvgIpc) is 3.37. The van der Waals surface area contributed by atoms with Crippen molar-refractivity contribution in [2.24, 2.45) is 0 Å². The van der Waals surface area contributed by atoms with Crippen LogP contribution in [0.3, 0.4) is 0 Å². The van der Waals surface area contributed by atoms with Gasteiger partial charge in [0.2, 0.25) is 0 Å². The first-order chi connectivity index (χ1) is 12.3. The SMILES string of the molecule is Cl.O=C(Nc1ccc(-c2ccn[nH]2)cc1)C1(n2cccn2)CCNCC1. The summed E-state index contributed by atoms with van der Waals surface area (Å²) in [5.41, 5.74) is 2.11. The smallest absolute Gasteiger partial charge is 0.252 e. The van der Waals surface area contributed by atoms with E-state index in [4.69, 9.17) is 0 Å². The zero-order chi connectivity index (χ0) is 17.1. The van der Waals surface area contributed by atoms with E-state index in [9.17, 15) is 4.79 Å². The van der Waals surface area contributed by atoms with Crippen LogP contribution in [0.15, 0.2) is 55.0 Å². The van der Waals surface area contributed by atoms with Crippen LogP contribution in [0.25, 0.3) is 11.3 Å². The molecule has 0 aliphatic carbocycles. The molecule has 0 saturated carbocycles. The molecule has 1 amide bonds. The fourth-order valence-electron chi connectivity index (χ4n) is 3.32. The lowest BCUT2D eigenvalue weighted by atomic mass is 9.87. The fourth-order valence-corrected chi connectivity index (χ4v) is 3.32. The molecule has 2 aromatic heterocycles. The third-order valence-corrected chi connectivity index (χ3v) is 4.75. The maximum absolute atomic E-state index is 13.1. The number of benzene rings is 1. The van der Waals surface area contributed by atoms with E-state index in [2.05, 4.69) is 25.9 Å². The summed E-state index contributed by atoms with van der Waals surface area (Å²) in [6.07, 6.45) is 6.73. The first-order valence-electron chi connectivity index (χ1n) is 8.40. The highest BCUT2D eigenvalue weighted by molar-refractivity contribution is 5.97. The number of aromatic amines is 1. The van der Waals surface area contributed by atoms with Gasteiger partial charge in [-0.25, -0.2) is 0 Å². The summed E-state index contributed by atoms with van der Waals surface area (Å²) in [4.78, 5) is 13.1. The molecular weight excluding hydrogens is 352 g/mol. The quantitative estimate of drug-likeness (QED) is 0.656. The van der Waals surface area contributed by atoms with Crippen LogP contribution in [0.4, 0.5) is 5.69 Å². The average molecular weight is 373 g/mol. The van der Waals surface area contributed by atoms with Gasteiger partial charge in [-0.1, -0.05) is 12.1 Å². The highest BCUT2D eigenvalue weighted by Crippen LogP contribution is 2.29. The molecule has 8 heteroatoms. The van der Waals surface area contributed by atoms with Crippen molar-refractivity contribution in [1.29, 1.82) is 0 Å². The molecule has 3 heterocycles. The lowest BCUT2D eigenvalue weighted by Gasteiger charge is -2.36. The highest BCUT2D eigenvalue weighted by atomic mass is 35.5. The molecule has 7 nitrogen and oxygen atoms in total. The van der Waals surface area contributed by atoms with Gasteiger partial charge in [0.15, 0.2) is 0 Å². The molecule has 1 aliphatic rings. The molecule has 1 fully saturated rings. The molecule has 1 saturated heterocycles. The van der Waals surface area contributed by atoms with Crippen molar-refractivity contribution in [3.05, 3.63) is 55.0 Å². The molecule has 0 bridgehead atoms. The zero-order valence-electron chi connectivity index (χ0n) is 14.2. The number of carbonyl (C=O) groups is 1. The largest absolute Gasteiger partial charge is 0.324 e.